The Hall–Kier alpha value is -2.60. The minimum absolute atomic E-state index is 0.0834. The number of thiophene rings is 1. The van der Waals surface area contributed by atoms with Crippen LogP contribution in [0.2, 0.25) is 0 Å². The van der Waals surface area contributed by atoms with Crippen molar-refractivity contribution in [3.63, 3.8) is 0 Å². The Balaban J connectivity index is 1.58. The van der Waals surface area contributed by atoms with E-state index in [4.69, 9.17) is 9.15 Å². The van der Waals surface area contributed by atoms with Crippen LogP contribution >= 0.6 is 11.3 Å². The number of carbonyl (C=O) groups excluding carboxylic acids is 1. The summed E-state index contributed by atoms with van der Waals surface area (Å²) in [6.07, 6.45) is 0.205. The zero-order valence-corrected chi connectivity index (χ0v) is 14.4. The third-order valence-corrected chi connectivity index (χ3v) is 4.46. The van der Waals surface area contributed by atoms with Crippen molar-refractivity contribution in [1.29, 1.82) is 0 Å². The number of rotatable bonds is 6. The van der Waals surface area contributed by atoms with E-state index in [1.807, 2.05) is 48.7 Å². The molecule has 0 aliphatic heterocycles. The Bertz CT molecular complexity index is 807. The van der Waals surface area contributed by atoms with E-state index in [-0.39, 0.29) is 12.3 Å². The first kappa shape index (κ1) is 16.3. The molecule has 0 spiro atoms. The van der Waals surface area contributed by atoms with Gasteiger partial charge in [-0.2, -0.15) is 0 Å². The van der Waals surface area contributed by atoms with Crippen molar-refractivity contribution >= 4 is 17.2 Å². The van der Waals surface area contributed by atoms with Crippen molar-refractivity contribution in [3.05, 3.63) is 58.8 Å². The predicted molar refractivity (Wildman–Crippen MR) is 93.1 cm³/mol. The van der Waals surface area contributed by atoms with Crippen LogP contribution in [0.5, 0.6) is 5.75 Å². The van der Waals surface area contributed by atoms with Gasteiger partial charge >= 0.3 is 0 Å². The summed E-state index contributed by atoms with van der Waals surface area (Å²) >= 11 is 1.56. The fourth-order valence-electron chi connectivity index (χ4n) is 2.26. The van der Waals surface area contributed by atoms with E-state index < -0.39 is 0 Å². The summed E-state index contributed by atoms with van der Waals surface area (Å²) in [4.78, 5) is 17.5. The van der Waals surface area contributed by atoms with Gasteiger partial charge in [0.2, 0.25) is 11.8 Å². The Morgan fingerprint density at radius 2 is 2.08 bits per heavy atom. The van der Waals surface area contributed by atoms with Crippen molar-refractivity contribution in [2.45, 2.75) is 19.9 Å². The van der Waals surface area contributed by atoms with Gasteiger partial charge in [-0.3, -0.25) is 4.79 Å². The van der Waals surface area contributed by atoms with E-state index in [1.165, 1.54) is 0 Å². The van der Waals surface area contributed by atoms with Gasteiger partial charge in [0, 0.05) is 6.54 Å². The lowest BCUT2D eigenvalue weighted by molar-refractivity contribution is -0.120. The van der Waals surface area contributed by atoms with Crippen LogP contribution in [-0.2, 0) is 17.8 Å². The molecule has 2 heterocycles. The molecule has 0 aliphatic carbocycles. The molecule has 1 amide bonds. The summed E-state index contributed by atoms with van der Waals surface area (Å²) in [7, 11) is 1.63. The van der Waals surface area contributed by atoms with Crippen molar-refractivity contribution in [3.8, 4) is 16.5 Å². The van der Waals surface area contributed by atoms with Crippen LogP contribution in [0.4, 0.5) is 0 Å². The van der Waals surface area contributed by atoms with Crippen LogP contribution in [-0.4, -0.2) is 18.0 Å². The maximum Gasteiger partial charge on any atom is 0.236 e. The third-order valence-electron chi connectivity index (χ3n) is 3.60. The summed E-state index contributed by atoms with van der Waals surface area (Å²) in [5.41, 5.74) is 1.69. The molecule has 24 heavy (non-hydrogen) atoms. The quantitative estimate of drug-likeness (QED) is 0.744. The number of hydrogen-bond acceptors (Lipinski definition) is 5. The number of nitrogens with zero attached hydrogens (tertiary/aromatic N) is 1. The smallest absolute Gasteiger partial charge is 0.236 e. The van der Waals surface area contributed by atoms with Gasteiger partial charge in [0.25, 0.3) is 0 Å². The number of aryl methyl sites for hydroxylation is 1. The molecule has 0 bridgehead atoms. The standard InChI is InChI=1S/C18H18N2O3S/c1-12-15(20-18(23-12)16-4-3-9-24-16)10-17(21)19-11-13-5-7-14(22-2)8-6-13/h3-9H,10-11H2,1-2H3,(H,19,21). The van der Waals surface area contributed by atoms with Crippen LogP contribution in [0.15, 0.2) is 46.2 Å². The molecule has 0 radical (unpaired) electrons. The Morgan fingerprint density at radius 3 is 2.75 bits per heavy atom. The molecule has 1 aromatic carbocycles. The molecule has 6 heteroatoms. The van der Waals surface area contributed by atoms with Crippen LogP contribution in [0, 0.1) is 6.92 Å². The molecule has 3 aromatic rings. The zero-order valence-electron chi connectivity index (χ0n) is 13.5. The number of nitrogens with one attached hydrogen (secondary N) is 1. The molecule has 124 valence electrons. The lowest BCUT2D eigenvalue weighted by atomic mass is 10.2. The van der Waals surface area contributed by atoms with E-state index in [0.717, 1.165) is 16.2 Å². The van der Waals surface area contributed by atoms with Crippen LogP contribution in [0.3, 0.4) is 0 Å². The normalized spacial score (nSPS) is 10.6. The molecular weight excluding hydrogens is 324 g/mol. The van der Waals surface area contributed by atoms with E-state index in [0.29, 0.717) is 23.9 Å². The minimum atomic E-state index is -0.0834. The topological polar surface area (TPSA) is 64.4 Å². The van der Waals surface area contributed by atoms with Crippen molar-refractivity contribution in [2.24, 2.45) is 0 Å². The van der Waals surface area contributed by atoms with Crippen molar-refractivity contribution < 1.29 is 13.9 Å². The number of carbonyl (C=O) groups is 1. The molecule has 0 saturated carbocycles. The summed E-state index contributed by atoms with van der Waals surface area (Å²) in [6.45, 7) is 2.30. The van der Waals surface area contributed by atoms with Crippen molar-refractivity contribution in [2.75, 3.05) is 7.11 Å². The fraction of sp³-hybridized carbons (Fsp3) is 0.222. The molecule has 0 aliphatic rings. The van der Waals surface area contributed by atoms with Gasteiger partial charge < -0.3 is 14.5 Å². The second-order valence-corrected chi connectivity index (χ2v) is 6.25. The first-order chi connectivity index (χ1) is 11.7. The molecule has 3 rings (SSSR count). The highest BCUT2D eigenvalue weighted by molar-refractivity contribution is 7.13. The van der Waals surface area contributed by atoms with Gasteiger partial charge in [-0.25, -0.2) is 4.98 Å². The van der Waals surface area contributed by atoms with Gasteiger partial charge in [0.15, 0.2) is 0 Å². The maximum atomic E-state index is 12.1. The Labute approximate surface area is 144 Å². The van der Waals surface area contributed by atoms with E-state index in [9.17, 15) is 4.79 Å². The van der Waals surface area contributed by atoms with Gasteiger partial charge in [-0.1, -0.05) is 18.2 Å². The number of oxazole rings is 1. The van der Waals surface area contributed by atoms with Gasteiger partial charge in [-0.05, 0) is 36.1 Å². The summed E-state index contributed by atoms with van der Waals surface area (Å²) in [6, 6.07) is 11.5. The highest BCUT2D eigenvalue weighted by Crippen LogP contribution is 2.26. The predicted octanol–water partition coefficient (Wildman–Crippen LogP) is 3.58. The second-order valence-electron chi connectivity index (χ2n) is 5.30. The zero-order chi connectivity index (χ0) is 16.9. The number of methoxy groups -OCH3 is 1. The number of hydrogen-bond donors (Lipinski definition) is 1. The molecule has 0 unspecified atom stereocenters. The number of benzene rings is 1. The first-order valence-electron chi connectivity index (χ1n) is 7.55. The van der Waals surface area contributed by atoms with Crippen molar-refractivity contribution in [1.82, 2.24) is 10.3 Å². The minimum Gasteiger partial charge on any atom is -0.497 e. The Morgan fingerprint density at radius 1 is 1.29 bits per heavy atom. The fourth-order valence-corrected chi connectivity index (χ4v) is 2.91. The lowest BCUT2D eigenvalue weighted by Crippen LogP contribution is -2.24. The second kappa shape index (κ2) is 7.31. The largest absolute Gasteiger partial charge is 0.497 e. The van der Waals surface area contributed by atoms with Gasteiger partial charge in [0.05, 0.1) is 24.1 Å². The summed E-state index contributed by atoms with van der Waals surface area (Å²) in [5, 5.41) is 4.87. The SMILES string of the molecule is COc1ccc(CNC(=O)Cc2nc(-c3cccs3)oc2C)cc1. The monoisotopic (exact) mass is 342 g/mol. The van der Waals surface area contributed by atoms with Crippen LogP contribution < -0.4 is 10.1 Å². The highest BCUT2D eigenvalue weighted by Gasteiger charge is 2.15. The number of aromatic nitrogens is 1. The van der Waals surface area contributed by atoms with Gasteiger partial charge in [-0.15, -0.1) is 11.3 Å². The molecular formula is C18H18N2O3S. The summed E-state index contributed by atoms with van der Waals surface area (Å²) in [5.74, 6) is 1.96. The van der Waals surface area contributed by atoms with E-state index in [2.05, 4.69) is 10.3 Å². The lowest BCUT2D eigenvalue weighted by Gasteiger charge is -2.05. The first-order valence-corrected chi connectivity index (χ1v) is 8.43. The molecule has 2 aromatic heterocycles. The number of ether oxygens (including phenoxy) is 1. The molecule has 1 N–H and O–H groups in total. The maximum absolute atomic E-state index is 12.1. The average molecular weight is 342 g/mol. The third kappa shape index (κ3) is 3.83. The highest BCUT2D eigenvalue weighted by atomic mass is 32.1. The van der Waals surface area contributed by atoms with Crippen LogP contribution in [0.25, 0.3) is 10.8 Å². The molecule has 0 atom stereocenters. The average Bonchev–Trinajstić information content (AvgIpc) is 3.24. The molecule has 5 nitrogen and oxygen atoms in total. The Kier molecular flexibility index (Phi) is 4.96. The van der Waals surface area contributed by atoms with Crippen LogP contribution in [0.1, 0.15) is 17.0 Å². The molecule has 0 saturated heterocycles. The summed E-state index contributed by atoms with van der Waals surface area (Å²) < 4.78 is 10.8. The van der Waals surface area contributed by atoms with E-state index in [1.54, 1.807) is 18.4 Å². The van der Waals surface area contributed by atoms with Gasteiger partial charge in [0.1, 0.15) is 11.5 Å². The molecule has 0 fully saturated rings. The number of amides is 1. The van der Waals surface area contributed by atoms with E-state index >= 15 is 0 Å².